The number of benzene rings is 1. The summed E-state index contributed by atoms with van der Waals surface area (Å²) in [6, 6.07) is 9.45. The number of thioether (sulfide) groups is 1. The summed E-state index contributed by atoms with van der Waals surface area (Å²) in [5, 5.41) is 12.8. The van der Waals surface area contributed by atoms with Crippen molar-refractivity contribution < 1.29 is 9.90 Å². The first-order chi connectivity index (χ1) is 8.24. The highest BCUT2D eigenvalue weighted by molar-refractivity contribution is 7.98. The van der Waals surface area contributed by atoms with Gasteiger partial charge >= 0.3 is 5.97 Å². The summed E-state index contributed by atoms with van der Waals surface area (Å²) >= 11 is 1.66. The Bertz CT molecular complexity index is 480. The molecule has 1 heterocycles. The molecule has 0 unspecified atom stereocenters. The third kappa shape index (κ3) is 3.64. The van der Waals surface area contributed by atoms with Crippen LogP contribution in [0.25, 0.3) is 0 Å². The van der Waals surface area contributed by atoms with E-state index in [9.17, 15) is 4.79 Å². The zero-order valence-corrected chi connectivity index (χ0v) is 9.93. The van der Waals surface area contributed by atoms with Crippen LogP contribution >= 0.6 is 11.8 Å². The monoisotopic (exact) mass is 248 g/mol. The summed E-state index contributed by atoms with van der Waals surface area (Å²) < 4.78 is 1.84. The molecule has 88 valence electrons. The van der Waals surface area contributed by atoms with Gasteiger partial charge in [0.2, 0.25) is 0 Å². The first kappa shape index (κ1) is 11.7. The van der Waals surface area contributed by atoms with Gasteiger partial charge in [0, 0.05) is 17.3 Å². The second-order valence-electron chi connectivity index (χ2n) is 3.53. The molecule has 2 rings (SSSR count). The quantitative estimate of drug-likeness (QED) is 0.825. The zero-order chi connectivity index (χ0) is 12.1. The average Bonchev–Trinajstić information content (AvgIpc) is 2.80. The van der Waals surface area contributed by atoms with E-state index in [1.807, 2.05) is 41.2 Å². The van der Waals surface area contributed by atoms with Gasteiger partial charge in [-0.15, -0.1) is 11.8 Å². The summed E-state index contributed by atoms with van der Waals surface area (Å²) in [7, 11) is 0. The van der Waals surface area contributed by atoms with Gasteiger partial charge in [-0.3, -0.25) is 9.48 Å². The van der Waals surface area contributed by atoms with Crippen molar-refractivity contribution in [1.29, 1.82) is 0 Å². The SMILES string of the molecule is O=C(O)Cc1ccc(SCn2cccn2)cc1. The lowest BCUT2D eigenvalue weighted by Crippen LogP contribution is -1.99. The second-order valence-corrected chi connectivity index (χ2v) is 4.55. The molecule has 5 heteroatoms. The molecule has 1 N–H and O–H groups in total. The number of hydrogen-bond acceptors (Lipinski definition) is 3. The van der Waals surface area contributed by atoms with Crippen molar-refractivity contribution in [3.05, 3.63) is 48.3 Å². The second kappa shape index (κ2) is 5.54. The van der Waals surface area contributed by atoms with Gasteiger partial charge in [-0.05, 0) is 23.8 Å². The highest BCUT2D eigenvalue weighted by atomic mass is 32.2. The van der Waals surface area contributed by atoms with E-state index >= 15 is 0 Å². The van der Waals surface area contributed by atoms with Crippen LogP contribution in [0.5, 0.6) is 0 Å². The smallest absolute Gasteiger partial charge is 0.307 e. The Balaban J connectivity index is 1.91. The van der Waals surface area contributed by atoms with Crippen LogP contribution in [0.1, 0.15) is 5.56 Å². The first-order valence-corrected chi connectivity index (χ1v) is 6.13. The van der Waals surface area contributed by atoms with E-state index in [1.165, 1.54) is 0 Å². The number of aliphatic carboxylic acids is 1. The summed E-state index contributed by atoms with van der Waals surface area (Å²) in [5.41, 5.74) is 0.820. The van der Waals surface area contributed by atoms with Crippen LogP contribution in [0.2, 0.25) is 0 Å². The fourth-order valence-corrected chi connectivity index (χ4v) is 2.16. The van der Waals surface area contributed by atoms with Crippen molar-refractivity contribution >= 4 is 17.7 Å². The number of hydrogen-bond donors (Lipinski definition) is 1. The van der Waals surface area contributed by atoms with Gasteiger partial charge in [-0.25, -0.2) is 0 Å². The average molecular weight is 248 g/mol. The maximum Gasteiger partial charge on any atom is 0.307 e. The number of rotatable bonds is 5. The highest BCUT2D eigenvalue weighted by Crippen LogP contribution is 2.20. The lowest BCUT2D eigenvalue weighted by Gasteiger charge is -2.03. The number of aromatic nitrogens is 2. The van der Waals surface area contributed by atoms with Crippen molar-refractivity contribution in [3.63, 3.8) is 0 Å². The summed E-state index contributed by atoms with van der Waals surface area (Å²) in [6.45, 7) is 0. The molecule has 17 heavy (non-hydrogen) atoms. The minimum atomic E-state index is -0.804. The zero-order valence-electron chi connectivity index (χ0n) is 9.11. The first-order valence-electron chi connectivity index (χ1n) is 5.15. The molecule has 4 nitrogen and oxygen atoms in total. The van der Waals surface area contributed by atoms with Crippen molar-refractivity contribution in [2.45, 2.75) is 17.2 Å². The van der Waals surface area contributed by atoms with E-state index in [2.05, 4.69) is 5.10 Å². The molecule has 0 atom stereocenters. The van der Waals surface area contributed by atoms with Crippen LogP contribution < -0.4 is 0 Å². The van der Waals surface area contributed by atoms with E-state index in [4.69, 9.17) is 5.11 Å². The van der Waals surface area contributed by atoms with E-state index < -0.39 is 5.97 Å². The topological polar surface area (TPSA) is 55.1 Å². The van der Waals surface area contributed by atoms with Gasteiger partial charge in [0.1, 0.15) is 0 Å². The molecular formula is C12H12N2O2S. The van der Waals surface area contributed by atoms with Crippen molar-refractivity contribution in [1.82, 2.24) is 9.78 Å². The predicted octanol–water partition coefficient (Wildman–Crippen LogP) is 2.26. The Hall–Kier alpha value is -1.75. The Morgan fingerprint density at radius 3 is 2.71 bits per heavy atom. The van der Waals surface area contributed by atoms with Crippen LogP contribution in [0.4, 0.5) is 0 Å². The maximum absolute atomic E-state index is 10.5. The minimum absolute atomic E-state index is 0.0735. The van der Waals surface area contributed by atoms with Gasteiger partial charge in [-0.2, -0.15) is 5.10 Å². The maximum atomic E-state index is 10.5. The molecule has 0 amide bonds. The molecule has 0 fully saturated rings. The fraction of sp³-hybridized carbons (Fsp3) is 0.167. The number of nitrogens with zero attached hydrogens (tertiary/aromatic N) is 2. The van der Waals surface area contributed by atoms with Crippen LogP contribution in [-0.2, 0) is 17.1 Å². The van der Waals surface area contributed by atoms with Crippen molar-refractivity contribution in [2.75, 3.05) is 0 Å². The van der Waals surface area contributed by atoms with Gasteiger partial charge < -0.3 is 5.11 Å². The van der Waals surface area contributed by atoms with E-state index in [0.29, 0.717) is 0 Å². The van der Waals surface area contributed by atoms with Crippen LogP contribution in [-0.4, -0.2) is 20.9 Å². The number of carboxylic acid groups (broad SMARTS) is 1. The van der Waals surface area contributed by atoms with Crippen LogP contribution in [0, 0.1) is 0 Å². The Morgan fingerprint density at radius 1 is 1.35 bits per heavy atom. The lowest BCUT2D eigenvalue weighted by atomic mass is 10.2. The molecule has 0 saturated heterocycles. The van der Waals surface area contributed by atoms with Crippen LogP contribution in [0.3, 0.4) is 0 Å². The van der Waals surface area contributed by atoms with Gasteiger partial charge in [-0.1, -0.05) is 12.1 Å². The third-order valence-corrected chi connectivity index (χ3v) is 3.20. The molecule has 0 aliphatic heterocycles. The van der Waals surface area contributed by atoms with E-state index in [0.717, 1.165) is 16.3 Å². The molecular weight excluding hydrogens is 236 g/mol. The Labute approximate surface area is 103 Å². The Kier molecular flexibility index (Phi) is 3.82. The molecule has 0 spiro atoms. The normalized spacial score (nSPS) is 10.4. The van der Waals surface area contributed by atoms with E-state index in [1.54, 1.807) is 18.0 Å². The molecule has 0 bridgehead atoms. The highest BCUT2D eigenvalue weighted by Gasteiger charge is 2.00. The van der Waals surface area contributed by atoms with Crippen molar-refractivity contribution in [2.24, 2.45) is 0 Å². The molecule has 2 aromatic rings. The van der Waals surface area contributed by atoms with Gasteiger partial charge in [0.25, 0.3) is 0 Å². The molecule has 0 aliphatic rings. The largest absolute Gasteiger partial charge is 0.481 e. The third-order valence-electron chi connectivity index (χ3n) is 2.20. The van der Waals surface area contributed by atoms with Gasteiger partial charge in [0.15, 0.2) is 0 Å². The fourth-order valence-electron chi connectivity index (χ4n) is 1.40. The molecule has 1 aromatic heterocycles. The standard InChI is InChI=1S/C12H12N2O2S/c15-12(16)8-10-2-4-11(5-3-10)17-9-14-7-1-6-13-14/h1-7H,8-9H2,(H,15,16). The van der Waals surface area contributed by atoms with Crippen molar-refractivity contribution in [3.8, 4) is 0 Å². The summed E-state index contributed by atoms with van der Waals surface area (Å²) in [4.78, 5) is 11.6. The number of carbonyl (C=O) groups is 1. The van der Waals surface area contributed by atoms with E-state index in [-0.39, 0.29) is 6.42 Å². The van der Waals surface area contributed by atoms with Gasteiger partial charge in [0.05, 0.1) is 12.3 Å². The van der Waals surface area contributed by atoms with Crippen LogP contribution in [0.15, 0.2) is 47.6 Å². The summed E-state index contributed by atoms with van der Waals surface area (Å²) in [6.07, 6.45) is 3.73. The molecule has 0 aliphatic carbocycles. The predicted molar refractivity (Wildman–Crippen MR) is 65.9 cm³/mol. The molecule has 1 aromatic carbocycles. The summed E-state index contributed by atoms with van der Waals surface area (Å²) in [5.74, 6) is -0.0485. The molecule has 0 radical (unpaired) electrons. The number of carboxylic acids is 1. The molecule has 0 saturated carbocycles. The Morgan fingerprint density at radius 2 is 2.12 bits per heavy atom. The lowest BCUT2D eigenvalue weighted by molar-refractivity contribution is -0.136. The minimum Gasteiger partial charge on any atom is -0.481 e.